The second kappa shape index (κ2) is 6.66. The second-order valence-electron chi connectivity index (χ2n) is 4.94. The third kappa shape index (κ3) is 3.15. The van der Waals surface area contributed by atoms with Crippen molar-refractivity contribution in [1.29, 1.82) is 0 Å². The molecule has 24 heavy (non-hydrogen) atoms. The van der Waals surface area contributed by atoms with Gasteiger partial charge in [-0.3, -0.25) is 0 Å². The normalized spacial score (nSPS) is 11.2. The Morgan fingerprint density at radius 3 is 3.08 bits per heavy atom. The van der Waals surface area contributed by atoms with Gasteiger partial charge in [-0.2, -0.15) is 4.98 Å². The van der Waals surface area contributed by atoms with Crippen molar-refractivity contribution in [2.24, 2.45) is 0 Å². The van der Waals surface area contributed by atoms with E-state index in [0.717, 1.165) is 26.8 Å². The van der Waals surface area contributed by atoms with Crippen LogP contribution in [0.25, 0.3) is 21.8 Å². The van der Waals surface area contributed by atoms with E-state index >= 15 is 0 Å². The Balaban J connectivity index is 1.46. The largest absolute Gasteiger partial charge is 0.494 e. The number of hydrogen-bond donors (Lipinski definition) is 1. The molecule has 4 rings (SSSR count). The molecule has 3 aromatic heterocycles. The molecule has 0 fully saturated rings. The topological polar surface area (TPSA) is 76.8 Å². The number of imidazole rings is 1. The molecule has 4 aromatic rings. The van der Waals surface area contributed by atoms with Crippen molar-refractivity contribution in [1.82, 2.24) is 20.1 Å². The minimum atomic E-state index is 0.562. The van der Waals surface area contributed by atoms with Gasteiger partial charge >= 0.3 is 0 Å². The highest BCUT2D eigenvalue weighted by molar-refractivity contribution is 7.98. The molecule has 1 N–H and O–H groups in total. The van der Waals surface area contributed by atoms with E-state index in [-0.39, 0.29) is 0 Å². The summed E-state index contributed by atoms with van der Waals surface area (Å²) < 4.78 is 10.8. The molecule has 3 heterocycles. The summed E-state index contributed by atoms with van der Waals surface area (Å²) in [6.07, 6.45) is 0. The molecule has 0 amide bonds. The number of thioether (sulfide) groups is 1. The molecule has 0 saturated carbocycles. The molecular weight excluding hydrogens is 344 g/mol. The van der Waals surface area contributed by atoms with Crippen LogP contribution in [0, 0.1) is 0 Å². The number of benzene rings is 1. The average Bonchev–Trinajstić information content (AvgIpc) is 3.32. The zero-order valence-corrected chi connectivity index (χ0v) is 14.5. The maximum atomic E-state index is 5.50. The zero-order chi connectivity index (χ0) is 16.4. The molecule has 0 atom stereocenters. The van der Waals surface area contributed by atoms with Crippen molar-refractivity contribution in [3.8, 4) is 16.5 Å². The molecule has 0 radical (unpaired) electrons. The fourth-order valence-corrected chi connectivity index (χ4v) is 3.61. The van der Waals surface area contributed by atoms with Crippen LogP contribution in [0.3, 0.4) is 0 Å². The van der Waals surface area contributed by atoms with Crippen LogP contribution in [0.4, 0.5) is 0 Å². The number of ether oxygens (including phenoxy) is 1. The van der Waals surface area contributed by atoms with E-state index < -0.39 is 0 Å². The van der Waals surface area contributed by atoms with Gasteiger partial charge < -0.3 is 14.2 Å². The first-order valence-electron chi connectivity index (χ1n) is 7.43. The third-order valence-corrected chi connectivity index (χ3v) is 5.01. The smallest absolute Gasteiger partial charge is 0.268 e. The maximum absolute atomic E-state index is 5.50. The van der Waals surface area contributed by atoms with Crippen LogP contribution in [0.2, 0.25) is 0 Å². The van der Waals surface area contributed by atoms with Gasteiger partial charge in [0.25, 0.3) is 5.89 Å². The van der Waals surface area contributed by atoms with Crippen LogP contribution in [-0.4, -0.2) is 26.7 Å². The van der Waals surface area contributed by atoms with Gasteiger partial charge in [0.2, 0.25) is 0 Å². The van der Waals surface area contributed by atoms with Crippen LogP contribution in [0.1, 0.15) is 12.7 Å². The predicted octanol–water partition coefficient (Wildman–Crippen LogP) is 4.37. The summed E-state index contributed by atoms with van der Waals surface area (Å²) in [5, 5.41) is 6.82. The molecule has 0 aliphatic carbocycles. The number of aromatic amines is 1. The number of fused-ring (bicyclic) bond motifs is 1. The van der Waals surface area contributed by atoms with Crippen LogP contribution >= 0.6 is 23.1 Å². The van der Waals surface area contributed by atoms with E-state index in [1.807, 2.05) is 42.6 Å². The summed E-state index contributed by atoms with van der Waals surface area (Å²) >= 11 is 3.12. The van der Waals surface area contributed by atoms with Gasteiger partial charge in [0.15, 0.2) is 11.0 Å². The molecule has 0 spiro atoms. The van der Waals surface area contributed by atoms with Gasteiger partial charge in [0.1, 0.15) is 5.75 Å². The SMILES string of the molecule is CCOc1ccc2nc(SCc3noc(-c4cccs4)n3)[nH]c2c1. The van der Waals surface area contributed by atoms with Crippen LogP contribution < -0.4 is 4.74 Å². The molecule has 1 aromatic carbocycles. The number of hydrogen-bond acceptors (Lipinski definition) is 7. The summed E-state index contributed by atoms with van der Waals surface area (Å²) in [4.78, 5) is 13.2. The van der Waals surface area contributed by atoms with E-state index in [4.69, 9.17) is 9.26 Å². The zero-order valence-electron chi connectivity index (χ0n) is 12.9. The number of nitrogens with zero attached hydrogens (tertiary/aromatic N) is 3. The summed E-state index contributed by atoms with van der Waals surface area (Å²) in [7, 11) is 0. The lowest BCUT2D eigenvalue weighted by atomic mass is 10.3. The average molecular weight is 358 g/mol. The van der Waals surface area contributed by atoms with Gasteiger partial charge in [0, 0.05) is 6.07 Å². The Morgan fingerprint density at radius 1 is 1.29 bits per heavy atom. The minimum Gasteiger partial charge on any atom is -0.494 e. The molecule has 0 aliphatic heterocycles. The summed E-state index contributed by atoms with van der Waals surface area (Å²) in [6.45, 7) is 2.61. The number of thiophene rings is 1. The Kier molecular flexibility index (Phi) is 4.22. The molecule has 122 valence electrons. The summed E-state index contributed by atoms with van der Waals surface area (Å²) in [6, 6.07) is 9.75. The number of aromatic nitrogens is 4. The van der Waals surface area contributed by atoms with Gasteiger partial charge in [-0.15, -0.1) is 11.3 Å². The van der Waals surface area contributed by atoms with Crippen molar-refractivity contribution >= 4 is 34.1 Å². The highest BCUT2D eigenvalue weighted by Crippen LogP contribution is 2.27. The van der Waals surface area contributed by atoms with Gasteiger partial charge in [-0.25, -0.2) is 4.98 Å². The highest BCUT2D eigenvalue weighted by Gasteiger charge is 2.11. The first-order valence-corrected chi connectivity index (χ1v) is 9.30. The van der Waals surface area contributed by atoms with Crippen molar-refractivity contribution in [3.05, 3.63) is 41.5 Å². The lowest BCUT2D eigenvalue weighted by molar-refractivity contribution is 0.340. The fourth-order valence-electron chi connectivity index (χ4n) is 2.24. The summed E-state index contributed by atoms with van der Waals surface area (Å²) in [5.41, 5.74) is 1.86. The van der Waals surface area contributed by atoms with Gasteiger partial charge in [0.05, 0.1) is 28.3 Å². The first-order chi connectivity index (χ1) is 11.8. The fraction of sp³-hybridized carbons (Fsp3) is 0.188. The maximum Gasteiger partial charge on any atom is 0.268 e. The van der Waals surface area contributed by atoms with E-state index in [1.54, 1.807) is 11.3 Å². The highest BCUT2D eigenvalue weighted by atomic mass is 32.2. The molecule has 0 bridgehead atoms. The molecular formula is C16H14N4O2S2. The van der Waals surface area contributed by atoms with Gasteiger partial charge in [-0.05, 0) is 30.5 Å². The first kappa shape index (κ1) is 15.2. The quantitative estimate of drug-likeness (QED) is 0.516. The Bertz CT molecular complexity index is 946. The lowest BCUT2D eigenvalue weighted by Gasteiger charge is -2.00. The Morgan fingerprint density at radius 2 is 2.25 bits per heavy atom. The van der Waals surface area contributed by atoms with E-state index in [1.165, 1.54) is 11.8 Å². The monoisotopic (exact) mass is 358 g/mol. The third-order valence-electron chi connectivity index (χ3n) is 3.28. The Hall–Kier alpha value is -2.32. The number of nitrogens with one attached hydrogen (secondary N) is 1. The van der Waals surface area contributed by atoms with Crippen molar-refractivity contribution < 1.29 is 9.26 Å². The van der Waals surface area contributed by atoms with E-state index in [9.17, 15) is 0 Å². The standard InChI is InChI=1S/C16H14N4O2S2/c1-2-21-10-5-6-11-12(8-10)18-16(17-11)24-9-14-19-15(22-20-14)13-4-3-7-23-13/h3-8H,2,9H2,1H3,(H,17,18). The van der Waals surface area contributed by atoms with E-state index in [2.05, 4.69) is 20.1 Å². The van der Waals surface area contributed by atoms with Crippen molar-refractivity contribution in [3.63, 3.8) is 0 Å². The second-order valence-corrected chi connectivity index (χ2v) is 6.85. The number of rotatable bonds is 6. The van der Waals surface area contributed by atoms with Crippen LogP contribution in [0.5, 0.6) is 5.75 Å². The number of H-pyrrole nitrogens is 1. The van der Waals surface area contributed by atoms with Crippen LogP contribution in [0.15, 0.2) is 45.4 Å². The molecule has 8 heteroatoms. The van der Waals surface area contributed by atoms with Crippen molar-refractivity contribution in [2.75, 3.05) is 6.61 Å². The minimum absolute atomic E-state index is 0.562. The van der Waals surface area contributed by atoms with Gasteiger partial charge in [-0.1, -0.05) is 23.0 Å². The molecule has 0 saturated heterocycles. The lowest BCUT2D eigenvalue weighted by Crippen LogP contribution is -1.90. The van der Waals surface area contributed by atoms with Crippen molar-refractivity contribution in [2.45, 2.75) is 17.8 Å². The Labute approximate surface area is 146 Å². The summed E-state index contributed by atoms with van der Waals surface area (Å²) in [5.74, 6) is 2.64. The van der Waals surface area contributed by atoms with E-state index in [0.29, 0.717) is 24.1 Å². The predicted molar refractivity (Wildman–Crippen MR) is 94.4 cm³/mol. The van der Waals surface area contributed by atoms with Crippen LogP contribution in [-0.2, 0) is 5.75 Å². The molecule has 0 unspecified atom stereocenters. The molecule has 0 aliphatic rings. The molecule has 6 nitrogen and oxygen atoms in total.